The number of hydrogen-bond donors (Lipinski definition) is 3. The Balaban J connectivity index is 0. The quantitative estimate of drug-likeness (QED) is 0.311. The van der Waals surface area contributed by atoms with Crippen LogP contribution in [0.4, 0.5) is 0 Å². The molecule has 0 aliphatic carbocycles. The molecule has 3 aromatic heterocycles. The van der Waals surface area contributed by atoms with Crippen LogP contribution in [-0.2, 0) is 39.0 Å². The van der Waals surface area contributed by atoms with Crippen LogP contribution >= 0.6 is 0 Å². The van der Waals surface area contributed by atoms with E-state index in [0.717, 1.165) is 0 Å². The Kier molecular flexibility index (Phi) is 13.2. The van der Waals surface area contributed by atoms with Crippen molar-refractivity contribution >= 4 is 0 Å². The maximum Gasteiger partial charge on any atom is 2.00 e. The fourth-order valence-corrected chi connectivity index (χ4v) is 1.45. The standard InChI is InChI=1S/2C6H8N.C6H9N.2Ru/c2*1-5-3-7-4-6(5)2;1-5-3-4-7-6(5)2;;/h2*3,7H,1-2H3;3-4,7H,1-2H3;;/q2*-1;;;+2. The topological polar surface area (TPSA) is 47.4 Å². The van der Waals surface area contributed by atoms with Gasteiger partial charge < -0.3 is 15.0 Å². The maximum absolute atomic E-state index is 3.07. The summed E-state index contributed by atoms with van der Waals surface area (Å²) in [7, 11) is 0. The molecular formula is C18H25N3Ru2. The number of H-pyrrole nitrogens is 3. The van der Waals surface area contributed by atoms with E-state index in [1.807, 2.05) is 32.4 Å². The first-order valence-corrected chi connectivity index (χ1v) is 7.07. The second-order valence-electron chi connectivity index (χ2n) is 5.23. The largest absolute Gasteiger partial charge is 2.00 e. The molecule has 0 fully saturated rings. The third-order valence-electron chi connectivity index (χ3n) is 3.50. The zero-order chi connectivity index (χ0) is 15.8. The van der Waals surface area contributed by atoms with Gasteiger partial charge in [0.05, 0.1) is 0 Å². The summed E-state index contributed by atoms with van der Waals surface area (Å²) in [6.45, 7) is 12.3. The number of aromatic amines is 3. The minimum absolute atomic E-state index is 0. The summed E-state index contributed by atoms with van der Waals surface area (Å²) in [6, 6.07) is 2.06. The number of hydrogen-bond acceptors (Lipinski definition) is 0. The molecule has 0 amide bonds. The third kappa shape index (κ3) is 9.08. The van der Waals surface area contributed by atoms with Crippen LogP contribution in [0, 0.1) is 53.9 Å². The van der Waals surface area contributed by atoms with Gasteiger partial charge in [0, 0.05) is 31.4 Å². The second kappa shape index (κ2) is 12.5. The number of rotatable bonds is 0. The van der Waals surface area contributed by atoms with Crippen molar-refractivity contribution in [2.24, 2.45) is 0 Å². The van der Waals surface area contributed by atoms with Gasteiger partial charge in [-0.25, -0.2) is 0 Å². The smallest absolute Gasteiger partial charge is 0.484 e. The van der Waals surface area contributed by atoms with Gasteiger partial charge in [-0.05, 0) is 25.5 Å². The number of aryl methyl sites for hydroxylation is 6. The van der Waals surface area contributed by atoms with Crippen LogP contribution in [0.5, 0.6) is 0 Å². The van der Waals surface area contributed by atoms with Crippen LogP contribution < -0.4 is 0 Å². The summed E-state index contributed by atoms with van der Waals surface area (Å²) in [5.41, 5.74) is 7.57. The summed E-state index contributed by atoms with van der Waals surface area (Å²) >= 11 is 0. The van der Waals surface area contributed by atoms with Gasteiger partial charge in [-0.15, -0.1) is 24.8 Å². The molecule has 0 aliphatic rings. The Morgan fingerprint density at radius 1 is 0.739 bits per heavy atom. The van der Waals surface area contributed by atoms with E-state index >= 15 is 0 Å². The molecule has 0 spiro atoms. The Hall–Kier alpha value is -0.913. The zero-order valence-electron chi connectivity index (χ0n) is 14.5. The molecule has 128 valence electrons. The normalized spacial score (nSPS) is 8.61. The molecule has 0 aliphatic heterocycles. The van der Waals surface area contributed by atoms with E-state index in [-0.39, 0.29) is 39.0 Å². The van der Waals surface area contributed by atoms with Crippen LogP contribution in [0.1, 0.15) is 33.5 Å². The Morgan fingerprint density at radius 2 is 1.17 bits per heavy atom. The van der Waals surface area contributed by atoms with E-state index in [9.17, 15) is 0 Å². The molecule has 5 heteroatoms. The van der Waals surface area contributed by atoms with E-state index < -0.39 is 0 Å². The van der Waals surface area contributed by atoms with Crippen molar-refractivity contribution in [3.05, 3.63) is 70.6 Å². The van der Waals surface area contributed by atoms with Gasteiger partial charge in [-0.1, -0.05) is 27.7 Å². The first-order valence-electron chi connectivity index (χ1n) is 7.07. The molecule has 3 nitrogen and oxygen atoms in total. The minimum atomic E-state index is 0. The van der Waals surface area contributed by atoms with Crippen LogP contribution in [0.3, 0.4) is 0 Å². The zero-order valence-corrected chi connectivity index (χ0v) is 18.0. The molecule has 3 aromatic rings. The molecule has 0 saturated carbocycles. The van der Waals surface area contributed by atoms with Crippen molar-refractivity contribution in [2.45, 2.75) is 41.5 Å². The van der Waals surface area contributed by atoms with Crippen LogP contribution in [0.15, 0.2) is 24.7 Å². The summed E-state index contributed by atoms with van der Waals surface area (Å²) in [6.07, 6.45) is 11.7. The molecule has 0 atom stereocenters. The van der Waals surface area contributed by atoms with Crippen molar-refractivity contribution < 1.29 is 39.0 Å². The van der Waals surface area contributed by atoms with Crippen molar-refractivity contribution in [1.82, 2.24) is 15.0 Å². The molecule has 0 bridgehead atoms. The van der Waals surface area contributed by atoms with E-state index in [1.54, 1.807) is 0 Å². The average Bonchev–Trinajstić information content (AvgIpc) is 3.11. The predicted octanol–water partition coefficient (Wildman–Crippen LogP) is 4.49. The molecule has 0 saturated heterocycles. The second-order valence-corrected chi connectivity index (χ2v) is 5.23. The van der Waals surface area contributed by atoms with E-state index in [1.165, 1.54) is 33.5 Å². The number of nitrogens with one attached hydrogen (secondary N) is 3. The van der Waals surface area contributed by atoms with E-state index in [2.05, 4.69) is 61.1 Å². The van der Waals surface area contributed by atoms with Gasteiger partial charge in [0.15, 0.2) is 0 Å². The molecule has 23 heavy (non-hydrogen) atoms. The minimum Gasteiger partial charge on any atom is -0.484 e. The molecular weight excluding hydrogens is 460 g/mol. The van der Waals surface area contributed by atoms with Crippen LogP contribution in [0.2, 0.25) is 0 Å². The first-order chi connectivity index (χ1) is 9.91. The SMILES string of the molecule is Cc1[c-][nH]cc1C.Cc1[c-][nH]cc1C.Cc1cc[nH]c1C.[Ru+2].[Ru]. The van der Waals surface area contributed by atoms with Crippen LogP contribution in [0.25, 0.3) is 0 Å². The molecule has 3 heterocycles. The maximum atomic E-state index is 3.07. The third-order valence-corrected chi connectivity index (χ3v) is 3.50. The van der Waals surface area contributed by atoms with Crippen molar-refractivity contribution in [1.29, 1.82) is 0 Å². The molecule has 0 aromatic carbocycles. The molecule has 0 radical (unpaired) electrons. The van der Waals surface area contributed by atoms with Crippen LogP contribution in [-0.4, -0.2) is 15.0 Å². The van der Waals surface area contributed by atoms with E-state index in [0.29, 0.717) is 0 Å². The Labute approximate surface area is 165 Å². The van der Waals surface area contributed by atoms with Gasteiger partial charge in [0.2, 0.25) is 0 Å². The predicted molar refractivity (Wildman–Crippen MR) is 88.5 cm³/mol. The van der Waals surface area contributed by atoms with E-state index in [4.69, 9.17) is 0 Å². The monoisotopic (exact) mass is 487 g/mol. The fraction of sp³-hybridized carbons (Fsp3) is 0.333. The van der Waals surface area contributed by atoms with Gasteiger partial charge in [0.1, 0.15) is 0 Å². The first kappa shape index (κ1) is 24.3. The Morgan fingerprint density at radius 3 is 1.26 bits per heavy atom. The van der Waals surface area contributed by atoms with Gasteiger partial charge in [0.25, 0.3) is 0 Å². The van der Waals surface area contributed by atoms with Crippen molar-refractivity contribution in [3.8, 4) is 0 Å². The molecule has 3 N–H and O–H groups in total. The van der Waals surface area contributed by atoms with Crippen molar-refractivity contribution in [2.75, 3.05) is 0 Å². The summed E-state index contributed by atoms with van der Waals surface area (Å²) in [4.78, 5) is 8.81. The fourth-order valence-electron chi connectivity index (χ4n) is 1.45. The molecule has 0 unspecified atom stereocenters. The van der Waals surface area contributed by atoms with Gasteiger partial charge in [-0.3, -0.25) is 0 Å². The summed E-state index contributed by atoms with van der Waals surface area (Å²) in [5, 5.41) is 0. The van der Waals surface area contributed by atoms with Gasteiger partial charge in [-0.2, -0.15) is 22.3 Å². The average molecular weight is 486 g/mol. The van der Waals surface area contributed by atoms with Gasteiger partial charge >= 0.3 is 19.5 Å². The van der Waals surface area contributed by atoms with Crippen molar-refractivity contribution in [3.63, 3.8) is 0 Å². The summed E-state index contributed by atoms with van der Waals surface area (Å²) < 4.78 is 0. The Bertz CT molecular complexity index is 510. The summed E-state index contributed by atoms with van der Waals surface area (Å²) in [5.74, 6) is 0. The molecule has 3 rings (SSSR count). The number of aromatic nitrogens is 3.